The number of amides is 1. The quantitative estimate of drug-likeness (QED) is 0.679. The summed E-state index contributed by atoms with van der Waals surface area (Å²) in [4.78, 5) is 21.7. The minimum atomic E-state index is -0.394. The number of anilines is 1. The zero-order chi connectivity index (χ0) is 20.9. The highest BCUT2D eigenvalue weighted by molar-refractivity contribution is 5.92. The number of pyridine rings is 1. The Bertz CT molecular complexity index is 995. The van der Waals surface area contributed by atoms with Crippen LogP contribution in [0, 0.1) is 5.82 Å². The fraction of sp³-hybridized carbons (Fsp3) is 0.318. The van der Waals surface area contributed by atoms with Crippen molar-refractivity contribution >= 4 is 11.7 Å². The molecule has 0 unspecified atom stereocenters. The molecule has 0 aliphatic carbocycles. The monoisotopic (exact) mass is 408 g/mol. The molecule has 1 fully saturated rings. The molecule has 0 spiro atoms. The van der Waals surface area contributed by atoms with Gasteiger partial charge < -0.3 is 15.1 Å². The first-order chi connectivity index (χ1) is 14.6. The van der Waals surface area contributed by atoms with Crippen molar-refractivity contribution in [2.45, 2.75) is 13.5 Å². The SMILES string of the molecule is CCN1CCN(c2ccc(CNC(=O)c3ccn(-c4ccccc4F)n3)cn2)CC1. The van der Waals surface area contributed by atoms with Crippen molar-refractivity contribution in [2.75, 3.05) is 37.6 Å². The number of hydrogen-bond acceptors (Lipinski definition) is 5. The molecule has 1 aromatic carbocycles. The van der Waals surface area contributed by atoms with E-state index >= 15 is 0 Å². The van der Waals surface area contributed by atoms with E-state index in [-0.39, 0.29) is 11.6 Å². The normalized spacial score (nSPS) is 14.7. The predicted octanol–water partition coefficient (Wildman–Crippen LogP) is 2.48. The zero-order valence-electron chi connectivity index (χ0n) is 17.0. The summed E-state index contributed by atoms with van der Waals surface area (Å²) >= 11 is 0. The van der Waals surface area contributed by atoms with Crippen molar-refractivity contribution in [3.63, 3.8) is 0 Å². The number of nitrogens with one attached hydrogen (secondary N) is 1. The van der Waals surface area contributed by atoms with Crippen LogP contribution in [0.3, 0.4) is 0 Å². The van der Waals surface area contributed by atoms with Crippen molar-refractivity contribution in [2.24, 2.45) is 0 Å². The lowest BCUT2D eigenvalue weighted by atomic mass is 10.2. The van der Waals surface area contributed by atoms with Gasteiger partial charge >= 0.3 is 0 Å². The van der Waals surface area contributed by atoms with Gasteiger partial charge in [-0.3, -0.25) is 4.79 Å². The van der Waals surface area contributed by atoms with E-state index in [9.17, 15) is 9.18 Å². The molecule has 8 heteroatoms. The van der Waals surface area contributed by atoms with E-state index in [1.165, 1.54) is 10.7 Å². The lowest BCUT2D eigenvalue weighted by Gasteiger charge is -2.34. The van der Waals surface area contributed by atoms with E-state index in [4.69, 9.17) is 0 Å². The summed E-state index contributed by atoms with van der Waals surface area (Å²) in [6.07, 6.45) is 3.36. The topological polar surface area (TPSA) is 66.3 Å². The summed E-state index contributed by atoms with van der Waals surface area (Å²) in [5.41, 5.74) is 1.44. The van der Waals surface area contributed by atoms with Crippen molar-refractivity contribution in [3.05, 3.63) is 71.9 Å². The first kappa shape index (κ1) is 20.0. The molecule has 1 N–H and O–H groups in total. The fourth-order valence-electron chi connectivity index (χ4n) is 3.49. The first-order valence-electron chi connectivity index (χ1n) is 10.1. The van der Waals surface area contributed by atoms with Crippen LogP contribution in [0.25, 0.3) is 5.69 Å². The van der Waals surface area contributed by atoms with Crippen LogP contribution in [0.1, 0.15) is 23.0 Å². The van der Waals surface area contributed by atoms with Gasteiger partial charge in [-0.1, -0.05) is 25.1 Å². The predicted molar refractivity (Wildman–Crippen MR) is 113 cm³/mol. The van der Waals surface area contributed by atoms with Gasteiger partial charge in [-0.2, -0.15) is 5.10 Å². The molecule has 2 aromatic heterocycles. The van der Waals surface area contributed by atoms with E-state index < -0.39 is 5.82 Å². The standard InChI is InChI=1S/C22H25FN6O/c1-2-27-11-13-28(14-12-27)21-8-7-17(15-24-21)16-25-22(30)19-9-10-29(26-19)20-6-4-3-5-18(20)23/h3-10,15H,2,11-14,16H2,1H3,(H,25,30). The van der Waals surface area contributed by atoms with E-state index in [0.29, 0.717) is 12.2 Å². The summed E-state index contributed by atoms with van der Waals surface area (Å²) in [6.45, 7) is 7.66. The second-order valence-electron chi connectivity index (χ2n) is 7.23. The lowest BCUT2D eigenvalue weighted by Crippen LogP contribution is -2.46. The smallest absolute Gasteiger partial charge is 0.272 e. The van der Waals surface area contributed by atoms with Gasteiger partial charge in [-0.25, -0.2) is 14.1 Å². The second kappa shape index (κ2) is 9.04. The van der Waals surface area contributed by atoms with Crippen LogP contribution in [0.2, 0.25) is 0 Å². The Kier molecular flexibility index (Phi) is 6.04. The van der Waals surface area contributed by atoms with Crippen molar-refractivity contribution in [1.29, 1.82) is 0 Å². The number of para-hydroxylation sites is 1. The van der Waals surface area contributed by atoms with Crippen molar-refractivity contribution < 1.29 is 9.18 Å². The molecule has 30 heavy (non-hydrogen) atoms. The Morgan fingerprint density at radius 3 is 2.60 bits per heavy atom. The zero-order valence-corrected chi connectivity index (χ0v) is 17.0. The van der Waals surface area contributed by atoms with E-state index in [1.807, 2.05) is 12.1 Å². The number of carbonyl (C=O) groups excluding carboxylic acids is 1. The first-order valence-corrected chi connectivity index (χ1v) is 10.1. The van der Waals surface area contributed by atoms with Crippen LogP contribution in [-0.2, 0) is 6.54 Å². The van der Waals surface area contributed by atoms with Crippen LogP contribution in [0.15, 0.2) is 54.9 Å². The Labute approximate surface area is 175 Å². The van der Waals surface area contributed by atoms with Crippen LogP contribution in [-0.4, -0.2) is 58.3 Å². The maximum Gasteiger partial charge on any atom is 0.272 e. The largest absolute Gasteiger partial charge is 0.354 e. The molecule has 156 valence electrons. The molecular weight excluding hydrogens is 383 g/mol. The van der Waals surface area contributed by atoms with Crippen LogP contribution in [0.4, 0.5) is 10.2 Å². The summed E-state index contributed by atoms with van der Waals surface area (Å²) in [7, 11) is 0. The summed E-state index contributed by atoms with van der Waals surface area (Å²) < 4.78 is 15.2. The average molecular weight is 408 g/mol. The molecule has 0 atom stereocenters. The molecule has 3 heterocycles. The number of aromatic nitrogens is 3. The average Bonchev–Trinajstić information content (AvgIpc) is 3.28. The molecule has 0 bridgehead atoms. The third-order valence-electron chi connectivity index (χ3n) is 5.33. The number of halogens is 1. The summed E-state index contributed by atoms with van der Waals surface area (Å²) in [6, 6.07) is 11.8. The van der Waals surface area contributed by atoms with E-state index in [1.54, 1.807) is 36.7 Å². The molecule has 1 saturated heterocycles. The minimum absolute atomic E-state index is 0.233. The Morgan fingerprint density at radius 2 is 1.90 bits per heavy atom. The van der Waals surface area contributed by atoms with Crippen molar-refractivity contribution in [1.82, 2.24) is 25.0 Å². The van der Waals surface area contributed by atoms with Crippen LogP contribution in [0.5, 0.6) is 0 Å². The molecule has 3 aromatic rings. The van der Waals surface area contributed by atoms with E-state index in [2.05, 4.69) is 32.1 Å². The van der Waals surface area contributed by atoms with Gasteiger partial charge in [0, 0.05) is 45.1 Å². The number of nitrogens with zero attached hydrogens (tertiary/aromatic N) is 5. The minimum Gasteiger partial charge on any atom is -0.354 e. The second-order valence-corrected chi connectivity index (χ2v) is 7.23. The Hall–Kier alpha value is -3.26. The van der Waals surface area contributed by atoms with Gasteiger partial charge in [-0.05, 0) is 36.4 Å². The molecule has 1 aliphatic rings. The van der Waals surface area contributed by atoms with Gasteiger partial charge in [0.2, 0.25) is 0 Å². The third-order valence-corrected chi connectivity index (χ3v) is 5.33. The number of carbonyl (C=O) groups is 1. The summed E-state index contributed by atoms with van der Waals surface area (Å²) in [5.74, 6) is 0.254. The molecule has 1 aliphatic heterocycles. The van der Waals surface area contributed by atoms with Gasteiger partial charge in [0.15, 0.2) is 5.69 Å². The molecule has 4 rings (SSSR count). The molecule has 0 radical (unpaired) electrons. The highest BCUT2D eigenvalue weighted by Crippen LogP contribution is 2.15. The van der Waals surface area contributed by atoms with Crippen LogP contribution < -0.4 is 10.2 Å². The highest BCUT2D eigenvalue weighted by Gasteiger charge is 2.17. The number of rotatable bonds is 6. The fourth-order valence-corrected chi connectivity index (χ4v) is 3.49. The maximum absolute atomic E-state index is 13.9. The number of hydrogen-bond donors (Lipinski definition) is 1. The van der Waals surface area contributed by atoms with Gasteiger partial charge in [0.05, 0.1) is 0 Å². The van der Waals surface area contributed by atoms with Crippen LogP contribution >= 0.6 is 0 Å². The number of benzene rings is 1. The van der Waals surface area contributed by atoms with Crippen molar-refractivity contribution in [3.8, 4) is 5.69 Å². The molecule has 1 amide bonds. The maximum atomic E-state index is 13.9. The Morgan fingerprint density at radius 1 is 1.10 bits per heavy atom. The Balaban J connectivity index is 1.33. The van der Waals surface area contributed by atoms with Gasteiger partial charge in [0.1, 0.15) is 17.3 Å². The molecule has 7 nitrogen and oxygen atoms in total. The van der Waals surface area contributed by atoms with E-state index in [0.717, 1.165) is 44.1 Å². The molecular formula is C22H25FN6O. The lowest BCUT2D eigenvalue weighted by molar-refractivity contribution is 0.0945. The highest BCUT2D eigenvalue weighted by atomic mass is 19.1. The third kappa shape index (κ3) is 4.49. The number of likely N-dealkylation sites (N-methyl/N-ethyl adjacent to an activating group) is 1. The number of piperazine rings is 1. The molecule has 0 saturated carbocycles. The summed E-state index contributed by atoms with van der Waals surface area (Å²) in [5, 5.41) is 7.02. The van der Waals surface area contributed by atoms with Gasteiger partial charge in [-0.15, -0.1) is 0 Å². The van der Waals surface area contributed by atoms with Gasteiger partial charge in [0.25, 0.3) is 5.91 Å².